The number of H-pyrrole nitrogens is 1. The number of nitrogens with one attached hydrogen (secondary N) is 2. The smallest absolute Gasteiger partial charge is 0.226 e. The molecule has 0 aliphatic heterocycles. The molecule has 130 valence electrons. The van der Waals surface area contributed by atoms with Crippen molar-refractivity contribution in [3.05, 3.63) is 66.1 Å². The Balaban J connectivity index is 1.46. The molecule has 26 heavy (non-hydrogen) atoms. The lowest BCUT2D eigenvalue weighted by molar-refractivity contribution is -0.121. The Labute approximate surface area is 150 Å². The first-order valence-corrected chi connectivity index (χ1v) is 8.48. The number of nitrogens with zero attached hydrogens (tertiary/aromatic N) is 2. The van der Waals surface area contributed by atoms with Crippen LogP contribution in [0.4, 0.5) is 5.69 Å². The van der Waals surface area contributed by atoms with Crippen LogP contribution in [0.1, 0.15) is 24.5 Å². The van der Waals surface area contributed by atoms with Gasteiger partial charge in [-0.3, -0.25) is 9.78 Å². The molecule has 6 heteroatoms. The fourth-order valence-corrected chi connectivity index (χ4v) is 2.99. The van der Waals surface area contributed by atoms with E-state index in [1.54, 1.807) is 0 Å². The summed E-state index contributed by atoms with van der Waals surface area (Å²) in [5.74, 6) is 0.641. The van der Waals surface area contributed by atoms with Gasteiger partial charge >= 0.3 is 0 Å². The van der Waals surface area contributed by atoms with Gasteiger partial charge in [-0.2, -0.15) is 0 Å². The molecule has 0 fully saturated rings. The molecule has 0 saturated carbocycles. The minimum atomic E-state index is -0.213. The predicted molar refractivity (Wildman–Crippen MR) is 103 cm³/mol. The van der Waals surface area contributed by atoms with Gasteiger partial charge in [0.1, 0.15) is 5.82 Å². The Morgan fingerprint density at radius 1 is 1.12 bits per heavy atom. The van der Waals surface area contributed by atoms with Gasteiger partial charge in [0.15, 0.2) is 0 Å². The molecule has 0 aliphatic rings. The molecule has 0 spiro atoms. The molecule has 0 saturated heterocycles. The topological polar surface area (TPSA) is 96.7 Å². The number of para-hydroxylation sites is 2. The zero-order chi connectivity index (χ0) is 18.1. The summed E-state index contributed by atoms with van der Waals surface area (Å²) in [5.41, 5.74) is 9.87. The van der Waals surface area contributed by atoms with Crippen molar-refractivity contribution in [2.75, 3.05) is 5.73 Å². The number of hydrogen-bond donors (Lipinski definition) is 3. The van der Waals surface area contributed by atoms with Gasteiger partial charge in [0.25, 0.3) is 0 Å². The summed E-state index contributed by atoms with van der Waals surface area (Å²) in [4.78, 5) is 24.7. The van der Waals surface area contributed by atoms with Crippen molar-refractivity contribution in [2.45, 2.75) is 19.4 Å². The van der Waals surface area contributed by atoms with Gasteiger partial charge < -0.3 is 16.0 Å². The third-order valence-corrected chi connectivity index (χ3v) is 4.31. The van der Waals surface area contributed by atoms with E-state index < -0.39 is 0 Å². The first kappa shape index (κ1) is 16.1. The van der Waals surface area contributed by atoms with E-state index in [1.807, 2.05) is 61.5 Å². The van der Waals surface area contributed by atoms with E-state index in [4.69, 9.17) is 5.73 Å². The van der Waals surface area contributed by atoms with E-state index in [0.29, 0.717) is 5.69 Å². The summed E-state index contributed by atoms with van der Waals surface area (Å²) < 4.78 is 0. The van der Waals surface area contributed by atoms with E-state index in [1.165, 1.54) is 0 Å². The van der Waals surface area contributed by atoms with Gasteiger partial charge in [-0.05, 0) is 43.3 Å². The van der Waals surface area contributed by atoms with E-state index in [-0.39, 0.29) is 18.4 Å². The second-order valence-electron chi connectivity index (χ2n) is 6.36. The molecule has 4 N–H and O–H groups in total. The lowest BCUT2D eigenvalue weighted by Gasteiger charge is -2.11. The minimum absolute atomic E-state index is 0.0970. The maximum atomic E-state index is 12.4. The quantitative estimate of drug-likeness (QED) is 0.495. The first-order chi connectivity index (χ1) is 12.6. The number of carbonyl (C=O) groups excluding carboxylic acids is 1. The number of carbonyl (C=O) groups is 1. The van der Waals surface area contributed by atoms with Crippen LogP contribution in [0, 0.1) is 0 Å². The molecule has 2 heterocycles. The highest BCUT2D eigenvalue weighted by atomic mass is 16.1. The highest BCUT2D eigenvalue weighted by Crippen LogP contribution is 2.17. The number of hydrogen-bond acceptors (Lipinski definition) is 4. The molecular formula is C20H19N5O. The standard InChI is InChI=1S/C20H19N5O/c1-12(20-24-17-4-2-3-5-18(17)25-20)22-19(26)11-15-8-6-13-10-14(21)7-9-16(13)23-15/h2-10,12H,11,21H2,1H3,(H,22,26)(H,24,25). The Bertz CT molecular complexity index is 1070. The monoisotopic (exact) mass is 345 g/mol. The SMILES string of the molecule is CC(NC(=O)Cc1ccc2cc(N)ccc2n1)c1nc2ccccc2[nH]1. The molecule has 0 bridgehead atoms. The molecule has 6 nitrogen and oxygen atoms in total. The van der Waals surface area contributed by atoms with Gasteiger partial charge in [0, 0.05) is 11.1 Å². The number of fused-ring (bicyclic) bond motifs is 2. The van der Waals surface area contributed by atoms with Gasteiger partial charge in [-0.15, -0.1) is 0 Å². The maximum absolute atomic E-state index is 12.4. The zero-order valence-corrected chi connectivity index (χ0v) is 14.4. The Hall–Kier alpha value is -3.41. The van der Waals surface area contributed by atoms with Crippen LogP contribution in [0.15, 0.2) is 54.6 Å². The van der Waals surface area contributed by atoms with Crippen molar-refractivity contribution in [3.63, 3.8) is 0 Å². The largest absolute Gasteiger partial charge is 0.399 e. The summed E-state index contributed by atoms with van der Waals surface area (Å²) in [7, 11) is 0. The van der Waals surface area contributed by atoms with Crippen molar-refractivity contribution in [1.82, 2.24) is 20.3 Å². The van der Waals surface area contributed by atoms with Crippen molar-refractivity contribution in [2.24, 2.45) is 0 Å². The van der Waals surface area contributed by atoms with Crippen LogP contribution >= 0.6 is 0 Å². The molecule has 4 rings (SSSR count). The van der Waals surface area contributed by atoms with E-state index in [9.17, 15) is 4.79 Å². The molecule has 0 aliphatic carbocycles. The predicted octanol–water partition coefficient (Wildman–Crippen LogP) is 3.11. The lowest BCUT2D eigenvalue weighted by atomic mass is 10.1. The fourth-order valence-electron chi connectivity index (χ4n) is 2.99. The maximum Gasteiger partial charge on any atom is 0.226 e. The van der Waals surface area contributed by atoms with Gasteiger partial charge in [-0.1, -0.05) is 18.2 Å². The van der Waals surface area contributed by atoms with Crippen molar-refractivity contribution in [1.29, 1.82) is 0 Å². The third kappa shape index (κ3) is 3.21. The fraction of sp³-hybridized carbons (Fsp3) is 0.150. The van der Waals surface area contributed by atoms with Crippen molar-refractivity contribution < 1.29 is 4.79 Å². The number of imidazole rings is 1. The zero-order valence-electron chi connectivity index (χ0n) is 14.4. The van der Waals surface area contributed by atoms with Gasteiger partial charge in [0.2, 0.25) is 5.91 Å². The Morgan fingerprint density at radius 3 is 2.81 bits per heavy atom. The van der Waals surface area contributed by atoms with E-state index in [0.717, 1.165) is 33.5 Å². The molecule has 2 aromatic heterocycles. The van der Waals surface area contributed by atoms with Crippen LogP contribution in [-0.2, 0) is 11.2 Å². The number of aromatic nitrogens is 3. The Morgan fingerprint density at radius 2 is 1.96 bits per heavy atom. The molecule has 1 amide bonds. The minimum Gasteiger partial charge on any atom is -0.399 e. The number of nitrogens with two attached hydrogens (primary N) is 1. The van der Waals surface area contributed by atoms with Gasteiger partial charge in [-0.25, -0.2) is 4.98 Å². The van der Waals surface area contributed by atoms with Crippen molar-refractivity contribution >= 4 is 33.5 Å². The summed E-state index contributed by atoms with van der Waals surface area (Å²) in [6.07, 6.45) is 0.213. The van der Waals surface area contributed by atoms with Crippen LogP contribution in [-0.4, -0.2) is 20.9 Å². The lowest BCUT2D eigenvalue weighted by Crippen LogP contribution is -2.29. The highest BCUT2D eigenvalue weighted by molar-refractivity contribution is 5.84. The average Bonchev–Trinajstić information content (AvgIpc) is 3.06. The number of rotatable bonds is 4. The number of aromatic amines is 1. The molecular weight excluding hydrogens is 326 g/mol. The summed E-state index contributed by atoms with van der Waals surface area (Å²) in [5, 5.41) is 3.93. The van der Waals surface area contributed by atoms with E-state index in [2.05, 4.69) is 20.3 Å². The van der Waals surface area contributed by atoms with E-state index >= 15 is 0 Å². The average molecular weight is 345 g/mol. The van der Waals surface area contributed by atoms with Crippen LogP contribution in [0.5, 0.6) is 0 Å². The molecule has 1 atom stereocenters. The first-order valence-electron chi connectivity index (χ1n) is 8.48. The van der Waals surface area contributed by atoms with Gasteiger partial charge in [0.05, 0.1) is 34.7 Å². The molecule has 2 aromatic carbocycles. The second kappa shape index (κ2) is 6.48. The number of amides is 1. The second-order valence-corrected chi connectivity index (χ2v) is 6.36. The summed E-state index contributed by atoms with van der Waals surface area (Å²) in [6.45, 7) is 1.91. The van der Waals surface area contributed by atoms with Crippen LogP contribution in [0.25, 0.3) is 21.9 Å². The number of nitrogen functional groups attached to an aromatic ring is 1. The van der Waals surface area contributed by atoms with Crippen LogP contribution < -0.4 is 11.1 Å². The number of benzene rings is 2. The summed E-state index contributed by atoms with van der Waals surface area (Å²) >= 11 is 0. The van der Waals surface area contributed by atoms with Crippen LogP contribution in [0.2, 0.25) is 0 Å². The van der Waals surface area contributed by atoms with Crippen molar-refractivity contribution in [3.8, 4) is 0 Å². The highest BCUT2D eigenvalue weighted by Gasteiger charge is 2.14. The Kier molecular flexibility index (Phi) is 4.01. The molecule has 1 unspecified atom stereocenters. The number of pyridine rings is 1. The normalized spacial score (nSPS) is 12.3. The molecule has 0 radical (unpaired) electrons. The van der Waals surface area contributed by atoms with Crippen LogP contribution in [0.3, 0.4) is 0 Å². The summed E-state index contributed by atoms with van der Waals surface area (Å²) in [6, 6.07) is 16.9. The third-order valence-electron chi connectivity index (χ3n) is 4.31. The molecule has 4 aromatic rings. The number of anilines is 1.